The molecule has 0 radical (unpaired) electrons. The Bertz CT molecular complexity index is 1260. The molecular weight excluding hydrogens is 475 g/mol. The largest absolute Gasteiger partial charge is 0.495 e. The number of nitrogens with one attached hydrogen (secondary N) is 1. The Hall–Kier alpha value is -2.33. The number of aromatic nitrogens is 3. The molecule has 30 heavy (non-hydrogen) atoms. The summed E-state index contributed by atoms with van der Waals surface area (Å²) in [6.07, 6.45) is 0. The highest BCUT2D eigenvalue weighted by molar-refractivity contribution is 7.90. The molecule has 0 aliphatic carbocycles. The number of methoxy groups -OCH3 is 1. The van der Waals surface area contributed by atoms with Crippen LogP contribution in [-0.2, 0) is 10.0 Å². The van der Waals surface area contributed by atoms with Crippen molar-refractivity contribution < 1.29 is 17.9 Å². The third-order valence-electron chi connectivity index (χ3n) is 4.16. The molecule has 12 heteroatoms. The number of aryl methyl sites for hydroxylation is 1. The van der Waals surface area contributed by atoms with E-state index in [4.69, 9.17) is 39.5 Å². The van der Waals surface area contributed by atoms with Gasteiger partial charge in [-0.15, -0.1) is 5.10 Å². The van der Waals surface area contributed by atoms with E-state index in [-0.39, 0.29) is 37.1 Å². The van der Waals surface area contributed by atoms with Crippen LogP contribution in [0.4, 0.5) is 0 Å². The van der Waals surface area contributed by atoms with E-state index in [1.807, 2.05) is 4.72 Å². The third-order valence-corrected chi connectivity index (χ3v) is 6.54. The van der Waals surface area contributed by atoms with Crippen molar-refractivity contribution >= 4 is 50.7 Å². The third kappa shape index (κ3) is 4.24. The summed E-state index contributed by atoms with van der Waals surface area (Å²) in [4.78, 5) is 12.5. The predicted molar refractivity (Wildman–Crippen MR) is 114 cm³/mol. The normalized spacial score (nSPS) is 11.4. The zero-order valence-electron chi connectivity index (χ0n) is 15.9. The number of carbonyl (C=O) groups is 1. The van der Waals surface area contributed by atoms with Crippen molar-refractivity contribution in [1.29, 1.82) is 0 Å². The van der Waals surface area contributed by atoms with E-state index < -0.39 is 15.9 Å². The number of hydrogen-bond acceptors (Lipinski definition) is 6. The number of rotatable bonds is 5. The number of sulfonamides is 1. The number of amides is 1. The highest BCUT2D eigenvalue weighted by Crippen LogP contribution is 2.31. The molecule has 0 bridgehead atoms. The van der Waals surface area contributed by atoms with Gasteiger partial charge in [0, 0.05) is 0 Å². The monoisotopic (exact) mass is 488 g/mol. The zero-order valence-corrected chi connectivity index (χ0v) is 19.0. The Balaban J connectivity index is 1.96. The Morgan fingerprint density at radius 3 is 2.40 bits per heavy atom. The van der Waals surface area contributed by atoms with Crippen LogP contribution in [0.25, 0.3) is 5.69 Å². The van der Waals surface area contributed by atoms with Gasteiger partial charge >= 0.3 is 0 Å². The molecule has 0 saturated heterocycles. The number of nitrogens with zero attached hydrogens (tertiary/aromatic N) is 3. The molecule has 1 amide bonds. The lowest BCUT2D eigenvalue weighted by Crippen LogP contribution is -2.31. The van der Waals surface area contributed by atoms with E-state index >= 15 is 0 Å². The van der Waals surface area contributed by atoms with Crippen LogP contribution in [0, 0.1) is 13.8 Å². The molecule has 8 nitrogen and oxygen atoms in total. The first-order valence-electron chi connectivity index (χ1n) is 8.34. The van der Waals surface area contributed by atoms with Crippen LogP contribution < -0.4 is 9.46 Å². The molecule has 0 atom stereocenters. The van der Waals surface area contributed by atoms with Crippen molar-refractivity contribution in [3.05, 3.63) is 62.4 Å². The first kappa shape index (κ1) is 22.4. The molecular formula is C18H15Cl3N4O4S. The average Bonchev–Trinajstić information content (AvgIpc) is 3.05. The second-order valence-corrected chi connectivity index (χ2v) is 9.11. The van der Waals surface area contributed by atoms with Gasteiger partial charge in [-0.1, -0.05) is 46.1 Å². The summed E-state index contributed by atoms with van der Waals surface area (Å²) in [5, 5.41) is 8.38. The minimum atomic E-state index is -4.23. The van der Waals surface area contributed by atoms with E-state index in [0.29, 0.717) is 11.3 Å². The zero-order chi connectivity index (χ0) is 22.2. The molecule has 3 rings (SSSR count). The summed E-state index contributed by atoms with van der Waals surface area (Å²) in [5.41, 5.74) is 1.06. The van der Waals surface area contributed by atoms with Crippen LogP contribution >= 0.6 is 34.8 Å². The summed E-state index contributed by atoms with van der Waals surface area (Å²) in [6, 6.07) is 7.48. The Kier molecular flexibility index (Phi) is 6.28. The summed E-state index contributed by atoms with van der Waals surface area (Å²) >= 11 is 18.2. The quantitative estimate of drug-likeness (QED) is 0.544. The molecule has 158 valence electrons. The standard InChI is InChI=1S/C18H15Cl3N4O4S/c1-9-4-5-15(29-3)16(6-9)30(27,28)23-18(26)17-10(2)25(24-22-17)14-8-12(20)11(19)7-13(14)21/h4-8H,1-3H3,(H,23,26). The highest BCUT2D eigenvalue weighted by Gasteiger charge is 2.26. The lowest BCUT2D eigenvalue weighted by atomic mass is 10.2. The number of carbonyl (C=O) groups excluding carboxylic acids is 1. The molecule has 0 spiro atoms. The molecule has 0 aliphatic rings. The van der Waals surface area contributed by atoms with Gasteiger partial charge in [0.15, 0.2) is 5.69 Å². The maximum atomic E-state index is 12.8. The first-order valence-corrected chi connectivity index (χ1v) is 11.0. The molecule has 0 unspecified atom stereocenters. The Labute approximate surface area is 187 Å². The number of ether oxygens (including phenoxy) is 1. The van der Waals surface area contributed by atoms with Gasteiger partial charge in [0.2, 0.25) is 0 Å². The van der Waals surface area contributed by atoms with Crippen molar-refractivity contribution in [2.75, 3.05) is 7.11 Å². The summed E-state index contributed by atoms with van der Waals surface area (Å²) in [6.45, 7) is 3.25. The smallest absolute Gasteiger partial charge is 0.287 e. The van der Waals surface area contributed by atoms with Crippen molar-refractivity contribution in [1.82, 2.24) is 19.7 Å². The van der Waals surface area contributed by atoms with E-state index in [1.165, 1.54) is 43.0 Å². The van der Waals surface area contributed by atoms with Crippen LogP contribution in [-0.4, -0.2) is 36.4 Å². The fourth-order valence-electron chi connectivity index (χ4n) is 2.66. The SMILES string of the molecule is COc1ccc(C)cc1S(=O)(=O)NC(=O)c1nnn(-c2cc(Cl)c(Cl)cc2Cl)c1C. The molecule has 0 fully saturated rings. The minimum absolute atomic E-state index is 0.101. The van der Waals surface area contributed by atoms with Crippen LogP contribution in [0.5, 0.6) is 5.75 Å². The molecule has 1 N–H and O–H groups in total. The molecule has 0 aliphatic heterocycles. The van der Waals surface area contributed by atoms with Crippen molar-refractivity contribution in [3.8, 4) is 11.4 Å². The van der Waals surface area contributed by atoms with Gasteiger partial charge in [-0.3, -0.25) is 4.79 Å². The van der Waals surface area contributed by atoms with Gasteiger partial charge in [-0.05, 0) is 43.7 Å². The van der Waals surface area contributed by atoms with Crippen LogP contribution in [0.2, 0.25) is 15.1 Å². The Morgan fingerprint density at radius 1 is 1.07 bits per heavy atom. The van der Waals surface area contributed by atoms with E-state index in [0.717, 1.165) is 0 Å². The average molecular weight is 490 g/mol. The van der Waals surface area contributed by atoms with Gasteiger partial charge in [0.25, 0.3) is 15.9 Å². The summed E-state index contributed by atoms with van der Waals surface area (Å²) in [7, 11) is -2.90. The minimum Gasteiger partial charge on any atom is -0.495 e. The Morgan fingerprint density at radius 2 is 1.73 bits per heavy atom. The van der Waals surface area contributed by atoms with Crippen LogP contribution in [0.15, 0.2) is 35.2 Å². The lowest BCUT2D eigenvalue weighted by Gasteiger charge is -2.11. The topological polar surface area (TPSA) is 103 Å². The molecule has 3 aromatic rings. The lowest BCUT2D eigenvalue weighted by molar-refractivity contribution is 0.0976. The second kappa shape index (κ2) is 8.43. The van der Waals surface area contributed by atoms with Gasteiger partial charge in [0.1, 0.15) is 10.6 Å². The van der Waals surface area contributed by atoms with Gasteiger partial charge < -0.3 is 4.74 Å². The summed E-state index contributed by atoms with van der Waals surface area (Å²) in [5.74, 6) is -0.859. The molecule has 0 saturated carbocycles. The summed E-state index contributed by atoms with van der Waals surface area (Å²) < 4.78 is 33.8. The van der Waals surface area contributed by atoms with Crippen LogP contribution in [0.1, 0.15) is 21.7 Å². The van der Waals surface area contributed by atoms with Crippen molar-refractivity contribution in [2.45, 2.75) is 18.7 Å². The molecule has 1 heterocycles. The predicted octanol–water partition coefficient (Wildman–Crippen LogP) is 3.97. The van der Waals surface area contributed by atoms with Gasteiger partial charge in [-0.2, -0.15) is 0 Å². The molecule has 2 aromatic carbocycles. The highest BCUT2D eigenvalue weighted by atomic mass is 35.5. The first-order chi connectivity index (χ1) is 14.0. The van der Waals surface area contributed by atoms with Gasteiger partial charge in [-0.25, -0.2) is 17.8 Å². The van der Waals surface area contributed by atoms with Crippen LogP contribution in [0.3, 0.4) is 0 Å². The van der Waals surface area contributed by atoms with Crippen molar-refractivity contribution in [3.63, 3.8) is 0 Å². The van der Waals surface area contributed by atoms with E-state index in [1.54, 1.807) is 13.0 Å². The fourth-order valence-corrected chi connectivity index (χ4v) is 4.49. The maximum Gasteiger partial charge on any atom is 0.287 e. The molecule has 1 aromatic heterocycles. The number of halogens is 3. The fraction of sp³-hybridized carbons (Fsp3) is 0.167. The number of benzene rings is 2. The van der Waals surface area contributed by atoms with Gasteiger partial charge in [0.05, 0.1) is 33.6 Å². The van der Waals surface area contributed by atoms with Crippen molar-refractivity contribution in [2.24, 2.45) is 0 Å². The maximum absolute atomic E-state index is 12.8. The van der Waals surface area contributed by atoms with E-state index in [9.17, 15) is 13.2 Å². The van der Waals surface area contributed by atoms with E-state index in [2.05, 4.69) is 10.3 Å². The number of hydrogen-bond donors (Lipinski definition) is 1. The second-order valence-electron chi connectivity index (χ2n) is 6.24.